The van der Waals surface area contributed by atoms with Crippen LogP contribution in [0.4, 0.5) is 5.69 Å². The van der Waals surface area contributed by atoms with Crippen LogP contribution in [0, 0.1) is 0 Å². The number of methoxy groups -OCH3 is 1. The highest BCUT2D eigenvalue weighted by Gasteiger charge is 2.34. The zero-order valence-corrected chi connectivity index (χ0v) is 14.6. The highest BCUT2D eigenvalue weighted by molar-refractivity contribution is 6.07. The lowest BCUT2D eigenvalue weighted by atomic mass is 10.0. The maximum Gasteiger partial charge on any atom is 0.234 e. The Bertz CT molecular complexity index is 949. The van der Waals surface area contributed by atoms with Crippen molar-refractivity contribution in [2.75, 3.05) is 25.2 Å². The van der Waals surface area contributed by atoms with Crippen molar-refractivity contribution in [3.8, 4) is 11.5 Å². The number of aryl methyl sites for hydroxylation is 1. The molecule has 0 saturated heterocycles. The summed E-state index contributed by atoms with van der Waals surface area (Å²) < 4.78 is 7.18. The van der Waals surface area contributed by atoms with E-state index in [2.05, 4.69) is 11.1 Å². The highest BCUT2D eigenvalue weighted by Crippen LogP contribution is 2.40. The van der Waals surface area contributed by atoms with Crippen LogP contribution in [0.5, 0.6) is 0 Å². The molecule has 1 amide bonds. The molecule has 0 bridgehead atoms. The van der Waals surface area contributed by atoms with Gasteiger partial charge in [0.25, 0.3) is 0 Å². The first-order valence-corrected chi connectivity index (χ1v) is 8.34. The molecule has 0 spiro atoms. The molecule has 25 heavy (non-hydrogen) atoms. The normalized spacial score (nSPS) is 16.7. The summed E-state index contributed by atoms with van der Waals surface area (Å²) in [5, 5.41) is 0. The van der Waals surface area contributed by atoms with Crippen LogP contribution in [-0.4, -0.2) is 40.7 Å². The molecule has 1 unspecified atom stereocenters. The van der Waals surface area contributed by atoms with Gasteiger partial charge in [-0.2, -0.15) is 0 Å². The summed E-state index contributed by atoms with van der Waals surface area (Å²) in [5.41, 5.74) is 4.69. The Hall–Kier alpha value is -2.73. The number of imidazole rings is 1. The number of rotatable bonds is 4. The second kappa shape index (κ2) is 5.97. The minimum atomic E-state index is -0.156. The number of carbonyl (C=O) groups is 1. The summed E-state index contributed by atoms with van der Waals surface area (Å²) in [5.74, 6) is 0.783. The molecule has 0 aliphatic carbocycles. The molecule has 2 aromatic heterocycles. The van der Waals surface area contributed by atoms with Crippen LogP contribution in [-0.2, 0) is 16.6 Å². The van der Waals surface area contributed by atoms with E-state index in [0.717, 1.165) is 33.8 Å². The van der Waals surface area contributed by atoms with Gasteiger partial charge in [-0.15, -0.1) is 0 Å². The molecule has 0 N–H and O–H groups in total. The predicted molar refractivity (Wildman–Crippen MR) is 96.6 cm³/mol. The Kier molecular flexibility index (Phi) is 3.77. The van der Waals surface area contributed by atoms with Crippen molar-refractivity contribution in [1.29, 1.82) is 0 Å². The van der Waals surface area contributed by atoms with E-state index in [1.807, 2.05) is 47.7 Å². The third-order valence-corrected chi connectivity index (χ3v) is 4.84. The van der Waals surface area contributed by atoms with Crippen LogP contribution < -0.4 is 4.90 Å². The second-order valence-corrected chi connectivity index (χ2v) is 6.31. The molecule has 1 aromatic carbocycles. The van der Waals surface area contributed by atoms with Crippen molar-refractivity contribution in [1.82, 2.24) is 14.5 Å². The summed E-state index contributed by atoms with van der Waals surface area (Å²) >= 11 is 0. The van der Waals surface area contributed by atoms with E-state index < -0.39 is 0 Å². The Morgan fingerprint density at radius 2 is 2.12 bits per heavy atom. The lowest BCUT2D eigenvalue weighted by molar-refractivity contribution is -0.119. The quantitative estimate of drug-likeness (QED) is 0.735. The first kappa shape index (κ1) is 15.8. The third kappa shape index (κ3) is 2.41. The SMILES string of the molecule is COCCN1C(=O)C(C)c2cc3nc(-c4ccccn4)n(C)c3cc21. The van der Waals surface area contributed by atoms with Gasteiger partial charge in [-0.1, -0.05) is 6.07 Å². The van der Waals surface area contributed by atoms with E-state index in [1.165, 1.54) is 0 Å². The molecular weight excluding hydrogens is 316 g/mol. The van der Waals surface area contributed by atoms with Crippen molar-refractivity contribution in [3.05, 3.63) is 42.1 Å². The van der Waals surface area contributed by atoms with E-state index in [1.54, 1.807) is 13.3 Å². The minimum Gasteiger partial charge on any atom is -0.383 e. The monoisotopic (exact) mass is 336 g/mol. The third-order valence-electron chi connectivity index (χ3n) is 4.84. The van der Waals surface area contributed by atoms with Crippen molar-refractivity contribution >= 4 is 22.6 Å². The van der Waals surface area contributed by atoms with Gasteiger partial charge >= 0.3 is 0 Å². The maximum atomic E-state index is 12.6. The van der Waals surface area contributed by atoms with Crippen molar-refractivity contribution in [2.24, 2.45) is 7.05 Å². The standard InChI is InChI=1S/C19H20N4O2/c1-12-13-10-15-17(11-16(13)23(19(12)24)8-9-25-3)22(2)18(21-15)14-6-4-5-7-20-14/h4-7,10-12H,8-9H2,1-3H3. The molecular formula is C19H20N4O2. The van der Waals surface area contributed by atoms with E-state index in [0.29, 0.717) is 13.2 Å². The number of ether oxygens (including phenoxy) is 1. The summed E-state index contributed by atoms with van der Waals surface area (Å²) in [4.78, 5) is 23.5. The number of aromatic nitrogens is 3. The van der Waals surface area contributed by atoms with Gasteiger partial charge in [0, 0.05) is 32.6 Å². The first-order valence-electron chi connectivity index (χ1n) is 8.34. The molecule has 128 valence electrons. The highest BCUT2D eigenvalue weighted by atomic mass is 16.5. The number of benzene rings is 1. The predicted octanol–water partition coefficient (Wildman–Crippen LogP) is 2.73. The van der Waals surface area contributed by atoms with Gasteiger partial charge in [0.05, 0.1) is 23.6 Å². The van der Waals surface area contributed by atoms with Crippen LogP contribution in [0.2, 0.25) is 0 Å². The van der Waals surface area contributed by atoms with Gasteiger partial charge < -0.3 is 14.2 Å². The fraction of sp³-hybridized carbons (Fsp3) is 0.316. The number of amides is 1. The molecule has 0 fully saturated rings. The molecule has 6 nitrogen and oxygen atoms in total. The minimum absolute atomic E-state index is 0.118. The van der Waals surface area contributed by atoms with Gasteiger partial charge in [-0.3, -0.25) is 9.78 Å². The average molecular weight is 336 g/mol. The van der Waals surface area contributed by atoms with Crippen LogP contribution in [0.3, 0.4) is 0 Å². The number of hydrogen-bond acceptors (Lipinski definition) is 4. The second-order valence-electron chi connectivity index (χ2n) is 6.31. The lowest BCUT2D eigenvalue weighted by Gasteiger charge is -2.17. The molecule has 0 radical (unpaired) electrons. The topological polar surface area (TPSA) is 60.2 Å². The van der Waals surface area contributed by atoms with Gasteiger partial charge in [0.2, 0.25) is 5.91 Å². The Balaban J connectivity index is 1.86. The summed E-state index contributed by atoms with van der Waals surface area (Å²) in [7, 11) is 3.62. The zero-order chi connectivity index (χ0) is 17.6. The van der Waals surface area contributed by atoms with Gasteiger partial charge in [-0.05, 0) is 36.8 Å². The van der Waals surface area contributed by atoms with Crippen molar-refractivity contribution < 1.29 is 9.53 Å². The molecule has 1 atom stereocenters. The molecule has 3 heterocycles. The van der Waals surface area contributed by atoms with E-state index in [-0.39, 0.29) is 11.8 Å². The maximum absolute atomic E-state index is 12.6. The van der Waals surface area contributed by atoms with Crippen LogP contribution in [0.1, 0.15) is 18.4 Å². The van der Waals surface area contributed by atoms with Crippen molar-refractivity contribution in [3.63, 3.8) is 0 Å². The van der Waals surface area contributed by atoms with Crippen molar-refractivity contribution in [2.45, 2.75) is 12.8 Å². The van der Waals surface area contributed by atoms with Crippen LogP contribution in [0.25, 0.3) is 22.6 Å². The first-order chi connectivity index (χ1) is 12.1. The van der Waals surface area contributed by atoms with Gasteiger partial charge in [0.1, 0.15) is 5.69 Å². The van der Waals surface area contributed by atoms with E-state index in [4.69, 9.17) is 9.72 Å². The zero-order valence-electron chi connectivity index (χ0n) is 14.6. The number of nitrogens with zero attached hydrogens (tertiary/aromatic N) is 4. The fourth-order valence-electron chi connectivity index (χ4n) is 3.45. The number of pyridine rings is 1. The van der Waals surface area contributed by atoms with Gasteiger partial charge in [-0.25, -0.2) is 4.98 Å². The number of fused-ring (bicyclic) bond motifs is 2. The Labute approximate surface area is 146 Å². The van der Waals surface area contributed by atoms with E-state index >= 15 is 0 Å². The largest absolute Gasteiger partial charge is 0.383 e. The molecule has 1 aliphatic rings. The smallest absolute Gasteiger partial charge is 0.234 e. The number of carbonyl (C=O) groups excluding carboxylic acids is 1. The van der Waals surface area contributed by atoms with Crippen LogP contribution >= 0.6 is 0 Å². The van der Waals surface area contributed by atoms with Crippen LogP contribution in [0.15, 0.2) is 36.5 Å². The summed E-state index contributed by atoms with van der Waals surface area (Å²) in [6.07, 6.45) is 1.77. The number of anilines is 1. The Morgan fingerprint density at radius 3 is 2.84 bits per heavy atom. The average Bonchev–Trinajstić information content (AvgIpc) is 3.08. The fourth-order valence-corrected chi connectivity index (χ4v) is 3.45. The summed E-state index contributed by atoms with van der Waals surface area (Å²) in [6, 6.07) is 9.89. The molecule has 0 saturated carbocycles. The molecule has 6 heteroatoms. The molecule has 4 rings (SSSR count). The van der Waals surface area contributed by atoms with Gasteiger partial charge in [0.15, 0.2) is 5.82 Å². The number of hydrogen-bond donors (Lipinski definition) is 0. The molecule has 1 aliphatic heterocycles. The van der Waals surface area contributed by atoms with E-state index in [9.17, 15) is 4.79 Å². The molecule has 3 aromatic rings. The Morgan fingerprint density at radius 1 is 1.28 bits per heavy atom. The lowest BCUT2D eigenvalue weighted by Crippen LogP contribution is -2.31. The summed E-state index contributed by atoms with van der Waals surface area (Å²) in [6.45, 7) is 3.02.